The molecule has 0 spiro atoms. The fourth-order valence-electron chi connectivity index (χ4n) is 2.61. The maximum absolute atomic E-state index is 5.39. The Morgan fingerprint density at radius 2 is 1.53 bits per heavy atom. The van der Waals surface area contributed by atoms with Gasteiger partial charge in [0, 0.05) is 25.8 Å². The molecule has 2 rings (SSSR count). The molecule has 2 nitrogen and oxygen atoms in total. The van der Waals surface area contributed by atoms with Crippen LogP contribution >= 0.6 is 0 Å². The zero-order chi connectivity index (χ0) is 13.1. The first kappa shape index (κ1) is 16.9. The lowest BCUT2D eigenvalue weighted by Crippen LogP contribution is -2.44. The van der Waals surface area contributed by atoms with Crippen LogP contribution in [0.15, 0.2) is 0 Å². The van der Waals surface area contributed by atoms with Gasteiger partial charge >= 0.3 is 0 Å². The molecule has 0 bridgehead atoms. The SMILES string of the molecule is CC.CC.CC1CCCN(C2CCOCC2)C1. The number of hydrogen-bond acceptors (Lipinski definition) is 2. The number of piperidine rings is 1. The molecule has 2 aliphatic rings. The van der Waals surface area contributed by atoms with E-state index in [0.29, 0.717) is 0 Å². The predicted octanol–water partition coefficient (Wildman–Crippen LogP) is 3.95. The van der Waals surface area contributed by atoms with Crippen molar-refractivity contribution in [3.8, 4) is 0 Å². The minimum atomic E-state index is 0.830. The van der Waals surface area contributed by atoms with Crippen molar-refractivity contribution in [1.82, 2.24) is 4.90 Å². The normalized spacial score (nSPS) is 26.3. The summed E-state index contributed by atoms with van der Waals surface area (Å²) in [6.45, 7) is 15.0. The Morgan fingerprint density at radius 3 is 2.06 bits per heavy atom. The van der Waals surface area contributed by atoms with E-state index < -0.39 is 0 Å². The lowest BCUT2D eigenvalue weighted by Gasteiger charge is -2.39. The molecule has 17 heavy (non-hydrogen) atoms. The Bertz CT molecular complexity index is 155. The van der Waals surface area contributed by atoms with Gasteiger partial charge in [-0.05, 0) is 38.1 Å². The van der Waals surface area contributed by atoms with Gasteiger partial charge in [-0.1, -0.05) is 34.6 Å². The molecular weight excluding hydrogens is 210 g/mol. The fourth-order valence-corrected chi connectivity index (χ4v) is 2.61. The summed E-state index contributed by atoms with van der Waals surface area (Å²) in [6.07, 6.45) is 5.34. The number of hydrogen-bond donors (Lipinski definition) is 0. The van der Waals surface area contributed by atoms with Crippen molar-refractivity contribution >= 4 is 0 Å². The van der Waals surface area contributed by atoms with Gasteiger partial charge in [-0.15, -0.1) is 0 Å². The van der Waals surface area contributed by atoms with E-state index in [1.54, 1.807) is 0 Å². The van der Waals surface area contributed by atoms with E-state index in [1.807, 2.05) is 27.7 Å². The first-order valence-corrected chi connectivity index (χ1v) is 7.68. The Morgan fingerprint density at radius 1 is 0.941 bits per heavy atom. The van der Waals surface area contributed by atoms with E-state index >= 15 is 0 Å². The molecule has 2 aliphatic heterocycles. The first-order valence-electron chi connectivity index (χ1n) is 7.68. The quantitative estimate of drug-likeness (QED) is 0.691. The minimum Gasteiger partial charge on any atom is -0.381 e. The molecule has 2 fully saturated rings. The maximum atomic E-state index is 5.39. The molecule has 0 radical (unpaired) electrons. The van der Waals surface area contributed by atoms with Gasteiger partial charge in [-0.3, -0.25) is 4.90 Å². The first-order chi connectivity index (χ1) is 8.36. The second-order valence-electron chi connectivity index (χ2n) is 4.59. The second kappa shape index (κ2) is 11.0. The molecule has 0 aromatic carbocycles. The summed E-state index contributed by atoms with van der Waals surface area (Å²) < 4.78 is 5.39. The van der Waals surface area contributed by atoms with Crippen molar-refractivity contribution in [2.24, 2.45) is 5.92 Å². The van der Waals surface area contributed by atoms with Gasteiger partial charge in [0.1, 0.15) is 0 Å². The monoisotopic (exact) mass is 243 g/mol. The van der Waals surface area contributed by atoms with Crippen LogP contribution in [0, 0.1) is 5.92 Å². The third-order valence-corrected chi connectivity index (χ3v) is 3.40. The average Bonchev–Trinajstić information content (AvgIpc) is 2.44. The second-order valence-corrected chi connectivity index (χ2v) is 4.59. The van der Waals surface area contributed by atoms with Crippen LogP contribution in [0.5, 0.6) is 0 Å². The molecule has 0 aliphatic carbocycles. The molecule has 0 amide bonds. The van der Waals surface area contributed by atoms with Gasteiger partial charge < -0.3 is 4.74 Å². The largest absolute Gasteiger partial charge is 0.381 e. The third kappa shape index (κ3) is 6.42. The van der Waals surface area contributed by atoms with Crippen molar-refractivity contribution in [2.45, 2.75) is 66.3 Å². The van der Waals surface area contributed by atoms with Crippen molar-refractivity contribution in [3.05, 3.63) is 0 Å². The van der Waals surface area contributed by atoms with Gasteiger partial charge in [-0.2, -0.15) is 0 Å². The molecule has 2 heteroatoms. The molecule has 2 saturated heterocycles. The average molecular weight is 243 g/mol. The van der Waals surface area contributed by atoms with E-state index in [4.69, 9.17) is 4.74 Å². The molecule has 1 atom stereocenters. The molecule has 0 aromatic rings. The standard InChI is InChI=1S/C11H21NO.2C2H6/c1-10-3-2-6-12(9-10)11-4-7-13-8-5-11;2*1-2/h10-11H,2-9H2,1H3;2*1-2H3. The van der Waals surface area contributed by atoms with E-state index in [2.05, 4.69) is 11.8 Å². The summed E-state index contributed by atoms with van der Waals surface area (Å²) in [6, 6.07) is 0.830. The smallest absolute Gasteiger partial charge is 0.0480 e. The highest BCUT2D eigenvalue weighted by atomic mass is 16.5. The van der Waals surface area contributed by atoms with Gasteiger partial charge in [0.05, 0.1) is 0 Å². The van der Waals surface area contributed by atoms with E-state index in [9.17, 15) is 0 Å². The Kier molecular flexibility index (Phi) is 11.0. The Balaban J connectivity index is 0.000000581. The lowest BCUT2D eigenvalue weighted by atomic mass is 9.96. The van der Waals surface area contributed by atoms with Crippen molar-refractivity contribution in [3.63, 3.8) is 0 Å². The number of rotatable bonds is 1. The fraction of sp³-hybridized carbons (Fsp3) is 1.00. The highest BCUT2D eigenvalue weighted by Gasteiger charge is 2.25. The van der Waals surface area contributed by atoms with Crippen LogP contribution in [0.3, 0.4) is 0 Å². The summed E-state index contributed by atoms with van der Waals surface area (Å²) in [7, 11) is 0. The van der Waals surface area contributed by atoms with Crippen LogP contribution in [-0.4, -0.2) is 37.2 Å². The zero-order valence-electron chi connectivity index (χ0n) is 12.7. The van der Waals surface area contributed by atoms with E-state index in [1.165, 1.54) is 38.8 Å². The molecule has 2 heterocycles. The molecule has 1 unspecified atom stereocenters. The summed E-state index contributed by atoms with van der Waals surface area (Å²) in [4.78, 5) is 2.69. The van der Waals surface area contributed by atoms with Crippen LogP contribution in [0.2, 0.25) is 0 Å². The van der Waals surface area contributed by atoms with Gasteiger partial charge in [0.25, 0.3) is 0 Å². The molecule has 0 saturated carbocycles. The molecule has 0 aromatic heterocycles. The van der Waals surface area contributed by atoms with Crippen LogP contribution in [0.4, 0.5) is 0 Å². The predicted molar refractivity (Wildman–Crippen MR) is 76.5 cm³/mol. The van der Waals surface area contributed by atoms with Crippen LogP contribution in [-0.2, 0) is 4.74 Å². The Hall–Kier alpha value is -0.0800. The van der Waals surface area contributed by atoms with Gasteiger partial charge in [0.15, 0.2) is 0 Å². The van der Waals surface area contributed by atoms with Crippen LogP contribution in [0.25, 0.3) is 0 Å². The molecule has 104 valence electrons. The summed E-state index contributed by atoms with van der Waals surface area (Å²) in [5.41, 5.74) is 0. The lowest BCUT2D eigenvalue weighted by molar-refractivity contribution is 0.0195. The number of nitrogens with zero attached hydrogens (tertiary/aromatic N) is 1. The van der Waals surface area contributed by atoms with Gasteiger partial charge in [-0.25, -0.2) is 0 Å². The van der Waals surface area contributed by atoms with E-state index in [0.717, 1.165) is 25.2 Å². The highest BCUT2D eigenvalue weighted by Crippen LogP contribution is 2.22. The summed E-state index contributed by atoms with van der Waals surface area (Å²) in [5.74, 6) is 0.914. The zero-order valence-corrected chi connectivity index (χ0v) is 12.7. The van der Waals surface area contributed by atoms with Crippen LogP contribution < -0.4 is 0 Å². The Labute approximate surface area is 109 Å². The highest BCUT2D eigenvalue weighted by molar-refractivity contribution is 4.79. The van der Waals surface area contributed by atoms with E-state index in [-0.39, 0.29) is 0 Å². The third-order valence-electron chi connectivity index (χ3n) is 3.40. The van der Waals surface area contributed by atoms with Crippen LogP contribution in [0.1, 0.15) is 60.3 Å². The van der Waals surface area contributed by atoms with Gasteiger partial charge in [0.2, 0.25) is 0 Å². The van der Waals surface area contributed by atoms with Crippen molar-refractivity contribution in [2.75, 3.05) is 26.3 Å². The van der Waals surface area contributed by atoms with Crippen molar-refractivity contribution in [1.29, 1.82) is 0 Å². The molecule has 0 N–H and O–H groups in total. The maximum Gasteiger partial charge on any atom is 0.0480 e. The topological polar surface area (TPSA) is 12.5 Å². The molecular formula is C15H33NO. The summed E-state index contributed by atoms with van der Waals surface area (Å²) in [5, 5.41) is 0. The van der Waals surface area contributed by atoms with Crippen molar-refractivity contribution < 1.29 is 4.74 Å². The summed E-state index contributed by atoms with van der Waals surface area (Å²) >= 11 is 0. The number of likely N-dealkylation sites (tertiary alicyclic amines) is 1. The minimum absolute atomic E-state index is 0.830. The number of ether oxygens (including phenoxy) is 1.